The minimum atomic E-state index is 0.293. The van der Waals surface area contributed by atoms with E-state index in [9.17, 15) is 4.79 Å². The summed E-state index contributed by atoms with van der Waals surface area (Å²) < 4.78 is 0. The van der Waals surface area contributed by atoms with Gasteiger partial charge in [-0.1, -0.05) is 12.5 Å². The lowest BCUT2D eigenvalue weighted by molar-refractivity contribution is -0.116. The maximum absolute atomic E-state index is 11.3. The maximum Gasteiger partial charge on any atom is 0.155 e. The summed E-state index contributed by atoms with van der Waals surface area (Å²) in [5.74, 6) is 0.331. The summed E-state index contributed by atoms with van der Waals surface area (Å²) in [6.45, 7) is 4.52. The number of nitrogens with zero attached hydrogens (tertiary/aromatic N) is 1. The van der Waals surface area contributed by atoms with Gasteiger partial charge in [0.15, 0.2) is 5.78 Å². The van der Waals surface area contributed by atoms with Crippen molar-refractivity contribution in [1.82, 2.24) is 4.90 Å². The van der Waals surface area contributed by atoms with Crippen molar-refractivity contribution in [2.45, 2.75) is 26.2 Å². The van der Waals surface area contributed by atoms with Gasteiger partial charge >= 0.3 is 0 Å². The van der Waals surface area contributed by atoms with E-state index >= 15 is 0 Å². The molecule has 0 aromatic heterocycles. The van der Waals surface area contributed by atoms with E-state index in [0.29, 0.717) is 11.2 Å². The van der Waals surface area contributed by atoms with Crippen LogP contribution in [-0.2, 0) is 4.79 Å². The predicted octanol–water partition coefficient (Wildman–Crippen LogP) is 1.62. The molecule has 2 nitrogen and oxygen atoms in total. The van der Waals surface area contributed by atoms with Gasteiger partial charge < -0.3 is 4.90 Å². The zero-order valence-electron chi connectivity index (χ0n) is 8.47. The zero-order valence-corrected chi connectivity index (χ0v) is 8.47. The Morgan fingerprint density at radius 2 is 2.23 bits per heavy atom. The fourth-order valence-corrected chi connectivity index (χ4v) is 2.54. The highest BCUT2D eigenvalue weighted by molar-refractivity contribution is 5.91. The van der Waals surface area contributed by atoms with E-state index in [-0.39, 0.29) is 0 Å². The van der Waals surface area contributed by atoms with Crippen molar-refractivity contribution in [3.05, 3.63) is 11.6 Å². The Kier molecular flexibility index (Phi) is 2.03. The van der Waals surface area contributed by atoms with Gasteiger partial charge in [-0.25, -0.2) is 0 Å². The van der Waals surface area contributed by atoms with E-state index in [1.807, 2.05) is 6.08 Å². The van der Waals surface area contributed by atoms with Crippen LogP contribution < -0.4 is 0 Å². The lowest BCUT2D eigenvalue weighted by atomic mass is 9.70. The first kappa shape index (κ1) is 8.95. The summed E-state index contributed by atoms with van der Waals surface area (Å²) in [7, 11) is 2.17. The third-order valence-electron chi connectivity index (χ3n) is 3.42. The summed E-state index contributed by atoms with van der Waals surface area (Å²) in [5, 5.41) is 0. The summed E-state index contributed by atoms with van der Waals surface area (Å²) in [5.41, 5.74) is 1.68. The van der Waals surface area contributed by atoms with Crippen LogP contribution in [0.15, 0.2) is 11.6 Å². The predicted molar refractivity (Wildman–Crippen MR) is 52.5 cm³/mol. The Balaban J connectivity index is 2.26. The van der Waals surface area contributed by atoms with Crippen LogP contribution in [0.1, 0.15) is 26.2 Å². The fourth-order valence-electron chi connectivity index (χ4n) is 2.54. The summed E-state index contributed by atoms with van der Waals surface area (Å²) >= 11 is 0. The Labute approximate surface area is 79.6 Å². The van der Waals surface area contributed by atoms with E-state index in [1.54, 1.807) is 0 Å². The van der Waals surface area contributed by atoms with E-state index in [4.69, 9.17) is 0 Å². The lowest BCUT2D eigenvalue weighted by Gasteiger charge is -2.43. The Bertz CT molecular complexity index is 269. The second-order valence-corrected chi connectivity index (χ2v) is 4.68. The normalized spacial score (nSPS) is 35.5. The first-order chi connectivity index (χ1) is 6.10. The summed E-state index contributed by atoms with van der Waals surface area (Å²) in [6.07, 6.45) is 4.77. The number of carbonyl (C=O) groups is 1. The van der Waals surface area contributed by atoms with Crippen LogP contribution in [0.5, 0.6) is 0 Å². The molecule has 13 heavy (non-hydrogen) atoms. The van der Waals surface area contributed by atoms with E-state index in [1.165, 1.54) is 5.57 Å². The van der Waals surface area contributed by atoms with Gasteiger partial charge in [0.25, 0.3) is 0 Å². The number of fused-ring (bicyclic) bond motifs is 1. The third-order valence-corrected chi connectivity index (χ3v) is 3.42. The molecule has 1 aliphatic carbocycles. The van der Waals surface area contributed by atoms with Gasteiger partial charge in [0, 0.05) is 24.9 Å². The SMILES string of the molecule is CN1CCC2=CC(=O)CCC2(C)C1. The Hall–Kier alpha value is -0.630. The molecule has 2 rings (SSSR count). The van der Waals surface area contributed by atoms with E-state index < -0.39 is 0 Å². The second-order valence-electron chi connectivity index (χ2n) is 4.68. The highest BCUT2D eigenvalue weighted by atomic mass is 16.1. The average molecular weight is 179 g/mol. The molecule has 2 heteroatoms. The minimum absolute atomic E-state index is 0.293. The van der Waals surface area contributed by atoms with Gasteiger partial charge in [0.2, 0.25) is 0 Å². The summed E-state index contributed by atoms with van der Waals surface area (Å²) in [4.78, 5) is 13.6. The van der Waals surface area contributed by atoms with Gasteiger partial charge in [-0.15, -0.1) is 0 Å². The van der Waals surface area contributed by atoms with Gasteiger partial charge in [-0.05, 0) is 26.0 Å². The number of likely N-dealkylation sites (tertiary alicyclic amines) is 1. The van der Waals surface area contributed by atoms with Crippen molar-refractivity contribution in [3.63, 3.8) is 0 Å². The molecule has 0 aromatic carbocycles. The van der Waals surface area contributed by atoms with Crippen LogP contribution in [0, 0.1) is 5.41 Å². The molecule has 0 N–H and O–H groups in total. The fraction of sp³-hybridized carbons (Fsp3) is 0.727. The first-order valence-electron chi connectivity index (χ1n) is 5.03. The zero-order chi connectivity index (χ0) is 9.47. The molecule has 1 saturated heterocycles. The van der Waals surface area contributed by atoms with Gasteiger partial charge in [-0.3, -0.25) is 4.79 Å². The number of hydrogen-bond donors (Lipinski definition) is 0. The second kappa shape index (κ2) is 2.95. The topological polar surface area (TPSA) is 20.3 Å². The van der Waals surface area contributed by atoms with Crippen LogP contribution >= 0.6 is 0 Å². The van der Waals surface area contributed by atoms with Crippen molar-refractivity contribution < 1.29 is 4.79 Å². The minimum Gasteiger partial charge on any atom is -0.305 e. The van der Waals surface area contributed by atoms with Crippen LogP contribution in [-0.4, -0.2) is 30.8 Å². The lowest BCUT2D eigenvalue weighted by Crippen LogP contribution is -2.43. The molecule has 1 heterocycles. The molecule has 1 atom stereocenters. The number of allylic oxidation sites excluding steroid dienone is 1. The van der Waals surface area contributed by atoms with E-state index in [0.717, 1.165) is 32.4 Å². The third kappa shape index (κ3) is 1.55. The molecule has 0 aromatic rings. The summed E-state index contributed by atoms with van der Waals surface area (Å²) in [6, 6.07) is 0. The standard InChI is InChI=1S/C11H17NO/c1-11-5-3-10(13)7-9(11)4-6-12(2)8-11/h7H,3-6,8H2,1-2H3. The molecule has 1 unspecified atom stereocenters. The maximum atomic E-state index is 11.3. The number of hydrogen-bond acceptors (Lipinski definition) is 2. The van der Waals surface area contributed by atoms with Crippen molar-refractivity contribution in [2.24, 2.45) is 5.41 Å². The average Bonchev–Trinajstić information content (AvgIpc) is 2.06. The molecule has 0 spiro atoms. The molecular weight excluding hydrogens is 162 g/mol. The van der Waals surface area contributed by atoms with Crippen molar-refractivity contribution in [2.75, 3.05) is 20.1 Å². The quantitative estimate of drug-likeness (QED) is 0.563. The highest BCUT2D eigenvalue weighted by Gasteiger charge is 2.36. The van der Waals surface area contributed by atoms with Crippen LogP contribution in [0.2, 0.25) is 0 Å². The molecular formula is C11H17NO. The van der Waals surface area contributed by atoms with Gasteiger partial charge in [-0.2, -0.15) is 0 Å². The molecule has 0 bridgehead atoms. The molecule has 1 fully saturated rings. The first-order valence-corrected chi connectivity index (χ1v) is 5.03. The highest BCUT2D eigenvalue weighted by Crippen LogP contribution is 2.41. The van der Waals surface area contributed by atoms with Crippen molar-refractivity contribution in [1.29, 1.82) is 0 Å². The number of piperidine rings is 1. The molecule has 0 saturated carbocycles. The molecule has 72 valence electrons. The smallest absolute Gasteiger partial charge is 0.155 e. The van der Waals surface area contributed by atoms with Crippen LogP contribution in [0.3, 0.4) is 0 Å². The van der Waals surface area contributed by atoms with Crippen molar-refractivity contribution >= 4 is 5.78 Å². The van der Waals surface area contributed by atoms with Crippen LogP contribution in [0.4, 0.5) is 0 Å². The molecule has 1 aliphatic heterocycles. The number of carbonyl (C=O) groups excluding carboxylic acids is 1. The van der Waals surface area contributed by atoms with E-state index in [2.05, 4.69) is 18.9 Å². The number of rotatable bonds is 0. The van der Waals surface area contributed by atoms with Crippen LogP contribution in [0.25, 0.3) is 0 Å². The van der Waals surface area contributed by atoms with Gasteiger partial charge in [0.05, 0.1) is 0 Å². The largest absolute Gasteiger partial charge is 0.305 e. The molecule has 0 amide bonds. The Morgan fingerprint density at radius 1 is 1.46 bits per heavy atom. The van der Waals surface area contributed by atoms with Crippen molar-refractivity contribution in [3.8, 4) is 0 Å². The monoisotopic (exact) mass is 179 g/mol. The Morgan fingerprint density at radius 3 is 3.00 bits per heavy atom. The molecule has 2 aliphatic rings. The molecule has 0 radical (unpaired) electrons. The number of ketones is 1. The van der Waals surface area contributed by atoms with Gasteiger partial charge in [0.1, 0.15) is 0 Å².